The summed E-state index contributed by atoms with van der Waals surface area (Å²) in [5, 5.41) is 7.85. The van der Waals surface area contributed by atoms with Gasteiger partial charge in [-0.3, -0.25) is 0 Å². The largest absolute Gasteiger partial charge is 0.484 e. The molecule has 0 saturated heterocycles. The number of hydrogen-bond acceptors (Lipinski definition) is 6. The Hall–Kier alpha value is -1.73. The van der Waals surface area contributed by atoms with Crippen molar-refractivity contribution in [1.29, 1.82) is 0 Å². The molecule has 0 atom stereocenters. The Morgan fingerprint density at radius 1 is 1.10 bits per heavy atom. The number of ether oxygens (including phenoxy) is 1. The standard InChI is InChI=1S/C14H11BrN2O3S/c1-21-10-4-2-9(3-5-10)18-8-13-16-17-14(20-13)11-6-7-12(15)19-11/h2-7H,8H2,1H3. The summed E-state index contributed by atoms with van der Waals surface area (Å²) in [6.07, 6.45) is 2.03. The molecule has 0 amide bonds. The third kappa shape index (κ3) is 3.48. The molecule has 0 N–H and O–H groups in total. The van der Waals surface area contributed by atoms with Crippen LogP contribution >= 0.6 is 27.7 Å². The van der Waals surface area contributed by atoms with Gasteiger partial charge in [-0.2, -0.15) is 0 Å². The zero-order valence-corrected chi connectivity index (χ0v) is 13.5. The number of halogens is 1. The average molecular weight is 367 g/mol. The van der Waals surface area contributed by atoms with E-state index in [1.807, 2.05) is 30.5 Å². The molecule has 0 spiro atoms. The van der Waals surface area contributed by atoms with Crippen molar-refractivity contribution in [3.63, 3.8) is 0 Å². The number of hydrogen-bond donors (Lipinski definition) is 0. The van der Waals surface area contributed by atoms with Gasteiger partial charge in [-0.15, -0.1) is 22.0 Å². The average Bonchev–Trinajstić information content (AvgIpc) is 3.14. The smallest absolute Gasteiger partial charge is 0.283 e. The molecule has 0 saturated carbocycles. The van der Waals surface area contributed by atoms with Crippen LogP contribution in [0.2, 0.25) is 0 Å². The Kier molecular flexibility index (Phi) is 4.31. The number of nitrogens with zero attached hydrogens (tertiary/aromatic N) is 2. The van der Waals surface area contributed by atoms with E-state index in [1.165, 1.54) is 4.90 Å². The molecule has 5 nitrogen and oxygen atoms in total. The maximum atomic E-state index is 5.60. The van der Waals surface area contributed by atoms with Crippen LogP contribution in [-0.4, -0.2) is 16.5 Å². The first-order valence-corrected chi connectivity index (χ1v) is 8.11. The molecule has 7 heteroatoms. The summed E-state index contributed by atoms with van der Waals surface area (Å²) >= 11 is 4.91. The van der Waals surface area contributed by atoms with Gasteiger partial charge in [-0.25, -0.2) is 0 Å². The highest BCUT2D eigenvalue weighted by atomic mass is 79.9. The van der Waals surface area contributed by atoms with Gasteiger partial charge in [-0.05, 0) is 58.6 Å². The highest BCUT2D eigenvalue weighted by Crippen LogP contribution is 2.24. The van der Waals surface area contributed by atoms with Gasteiger partial charge in [0.1, 0.15) is 5.75 Å². The van der Waals surface area contributed by atoms with Crippen molar-refractivity contribution >= 4 is 27.7 Å². The maximum absolute atomic E-state index is 5.60. The minimum absolute atomic E-state index is 0.216. The summed E-state index contributed by atoms with van der Waals surface area (Å²) in [7, 11) is 0. The Balaban J connectivity index is 1.64. The Morgan fingerprint density at radius 2 is 1.90 bits per heavy atom. The van der Waals surface area contributed by atoms with E-state index in [0.29, 0.717) is 22.2 Å². The minimum atomic E-state index is 0.216. The van der Waals surface area contributed by atoms with Crippen molar-refractivity contribution in [2.45, 2.75) is 11.5 Å². The minimum Gasteiger partial charge on any atom is -0.484 e. The third-order valence-corrected chi connectivity index (χ3v) is 3.84. The van der Waals surface area contributed by atoms with Gasteiger partial charge in [-0.1, -0.05) is 0 Å². The first-order valence-electron chi connectivity index (χ1n) is 6.09. The highest BCUT2D eigenvalue weighted by molar-refractivity contribution is 9.10. The fourth-order valence-electron chi connectivity index (χ4n) is 1.66. The molecule has 0 fully saturated rings. The van der Waals surface area contributed by atoms with E-state index < -0.39 is 0 Å². The molecule has 0 aliphatic rings. The van der Waals surface area contributed by atoms with E-state index in [2.05, 4.69) is 26.1 Å². The SMILES string of the molecule is CSc1ccc(OCc2nnc(-c3ccc(Br)o3)o2)cc1. The molecule has 2 heterocycles. The van der Waals surface area contributed by atoms with Crippen LogP contribution in [0.25, 0.3) is 11.7 Å². The van der Waals surface area contributed by atoms with Crippen LogP contribution in [0.5, 0.6) is 5.75 Å². The van der Waals surface area contributed by atoms with E-state index >= 15 is 0 Å². The predicted octanol–water partition coefficient (Wildman–Crippen LogP) is 4.39. The van der Waals surface area contributed by atoms with E-state index in [4.69, 9.17) is 13.6 Å². The molecule has 0 radical (unpaired) electrons. The molecule has 0 bridgehead atoms. The zero-order chi connectivity index (χ0) is 14.7. The monoisotopic (exact) mass is 366 g/mol. The van der Waals surface area contributed by atoms with Crippen LogP contribution in [0.3, 0.4) is 0 Å². The summed E-state index contributed by atoms with van der Waals surface area (Å²) in [5.74, 6) is 2.00. The summed E-state index contributed by atoms with van der Waals surface area (Å²) in [6.45, 7) is 0.216. The second-order valence-electron chi connectivity index (χ2n) is 4.07. The number of furan rings is 1. The maximum Gasteiger partial charge on any atom is 0.283 e. The van der Waals surface area contributed by atoms with Gasteiger partial charge in [0.25, 0.3) is 11.8 Å². The van der Waals surface area contributed by atoms with Crippen LogP contribution in [-0.2, 0) is 6.61 Å². The topological polar surface area (TPSA) is 61.3 Å². The van der Waals surface area contributed by atoms with Crippen molar-refractivity contribution in [1.82, 2.24) is 10.2 Å². The molecule has 108 valence electrons. The van der Waals surface area contributed by atoms with Gasteiger partial charge >= 0.3 is 0 Å². The number of rotatable bonds is 5. The number of thioether (sulfide) groups is 1. The Labute approximate surface area is 133 Å². The lowest BCUT2D eigenvalue weighted by molar-refractivity contribution is 0.263. The van der Waals surface area contributed by atoms with Crippen molar-refractivity contribution in [2.75, 3.05) is 6.26 Å². The molecule has 3 rings (SSSR count). The summed E-state index contributed by atoms with van der Waals surface area (Å²) < 4.78 is 17.0. The Morgan fingerprint density at radius 3 is 2.57 bits per heavy atom. The van der Waals surface area contributed by atoms with E-state index in [-0.39, 0.29) is 6.61 Å². The molecule has 21 heavy (non-hydrogen) atoms. The molecule has 3 aromatic rings. The van der Waals surface area contributed by atoms with Gasteiger partial charge < -0.3 is 13.6 Å². The molecular formula is C14H11BrN2O3S. The lowest BCUT2D eigenvalue weighted by Crippen LogP contribution is -1.95. The van der Waals surface area contributed by atoms with Crippen LogP contribution in [0.1, 0.15) is 5.89 Å². The quantitative estimate of drug-likeness (QED) is 0.623. The van der Waals surface area contributed by atoms with Crippen LogP contribution in [0, 0.1) is 0 Å². The van der Waals surface area contributed by atoms with Crippen molar-refractivity contribution in [2.24, 2.45) is 0 Å². The van der Waals surface area contributed by atoms with Gasteiger partial charge in [0.05, 0.1) is 0 Å². The van der Waals surface area contributed by atoms with Crippen molar-refractivity contribution < 1.29 is 13.6 Å². The van der Waals surface area contributed by atoms with Crippen LogP contribution < -0.4 is 4.74 Å². The van der Waals surface area contributed by atoms with E-state index in [1.54, 1.807) is 23.9 Å². The first-order chi connectivity index (χ1) is 10.2. The second-order valence-corrected chi connectivity index (χ2v) is 5.73. The van der Waals surface area contributed by atoms with Gasteiger partial charge in [0.2, 0.25) is 0 Å². The molecular weight excluding hydrogens is 356 g/mol. The first kappa shape index (κ1) is 14.2. The lowest BCUT2D eigenvalue weighted by Gasteiger charge is -2.03. The van der Waals surface area contributed by atoms with Crippen molar-refractivity contribution in [3.05, 3.63) is 47.0 Å². The molecule has 0 aliphatic heterocycles. The highest BCUT2D eigenvalue weighted by Gasteiger charge is 2.12. The van der Waals surface area contributed by atoms with Gasteiger partial charge in [0, 0.05) is 4.90 Å². The zero-order valence-electron chi connectivity index (χ0n) is 11.1. The summed E-state index contributed by atoms with van der Waals surface area (Å²) in [4.78, 5) is 1.19. The normalized spacial score (nSPS) is 10.8. The van der Waals surface area contributed by atoms with Crippen LogP contribution in [0.4, 0.5) is 0 Å². The van der Waals surface area contributed by atoms with E-state index in [0.717, 1.165) is 5.75 Å². The molecule has 0 unspecified atom stereocenters. The van der Waals surface area contributed by atoms with Crippen LogP contribution in [0.15, 0.2) is 54.8 Å². The number of aromatic nitrogens is 2. The molecule has 2 aromatic heterocycles. The molecule has 1 aromatic carbocycles. The summed E-state index contributed by atoms with van der Waals surface area (Å²) in [5.41, 5.74) is 0. The number of benzene rings is 1. The predicted molar refractivity (Wildman–Crippen MR) is 82.3 cm³/mol. The lowest BCUT2D eigenvalue weighted by atomic mass is 10.3. The fraction of sp³-hybridized carbons (Fsp3) is 0.143. The Bertz CT molecular complexity index is 724. The molecule has 0 aliphatic carbocycles. The second kappa shape index (κ2) is 6.36. The van der Waals surface area contributed by atoms with Crippen molar-refractivity contribution in [3.8, 4) is 17.4 Å². The third-order valence-electron chi connectivity index (χ3n) is 2.67. The van der Waals surface area contributed by atoms with Gasteiger partial charge in [0.15, 0.2) is 17.0 Å². The summed E-state index contributed by atoms with van der Waals surface area (Å²) in [6, 6.07) is 11.3. The van der Waals surface area contributed by atoms with E-state index in [9.17, 15) is 0 Å². The fourth-order valence-corrected chi connectivity index (χ4v) is 2.37.